The van der Waals surface area contributed by atoms with Gasteiger partial charge in [0.2, 0.25) is 27.9 Å². The molecule has 222 valence electrons. The molecule has 1 aliphatic carbocycles. The summed E-state index contributed by atoms with van der Waals surface area (Å²) in [6.07, 6.45) is 4.25. The highest BCUT2D eigenvalue weighted by atomic mass is 32.2. The van der Waals surface area contributed by atoms with Crippen LogP contribution in [0.25, 0.3) is 10.8 Å². The number of rotatable bonds is 10. The number of sulfonamides is 1. The molecule has 0 spiro atoms. The predicted molar refractivity (Wildman–Crippen MR) is 164 cm³/mol. The quantitative estimate of drug-likeness (QED) is 0.314. The van der Waals surface area contributed by atoms with E-state index in [0.717, 1.165) is 56.1 Å². The molecule has 41 heavy (non-hydrogen) atoms. The van der Waals surface area contributed by atoms with Crippen molar-refractivity contribution in [3.63, 3.8) is 0 Å². The molecule has 5 rings (SSSR count). The second-order valence-corrected chi connectivity index (χ2v) is 13.6. The molecular weight excluding hydrogens is 538 g/mol. The standard InChI is InChI=1S/C30H43N7O3S/c1-20(2)33-29-34-28(35-30(36-29)37-18-21(3)40-22(4)19-37)31-16-23-12-14-24(15-13-23)17-32-41(38,39)27-11-7-9-25-8-5-6-10-26(25)27/h5-11,20-24,32H,12-19H2,1-4H3,(H2,31,33,34,35,36)/t21-,22+,23?,24?. The van der Waals surface area contributed by atoms with Crippen LogP contribution in [0.1, 0.15) is 53.4 Å². The van der Waals surface area contributed by atoms with Crippen LogP contribution in [0.3, 0.4) is 0 Å². The summed E-state index contributed by atoms with van der Waals surface area (Å²) in [6.45, 7) is 11.0. The SMILES string of the molecule is CC(C)Nc1nc(NCC2CCC(CNS(=O)(=O)c3cccc4ccccc34)CC2)nc(N2C[C@@H](C)O[C@@H](C)C2)n1. The van der Waals surface area contributed by atoms with Crippen molar-refractivity contribution in [3.05, 3.63) is 42.5 Å². The zero-order valence-corrected chi connectivity index (χ0v) is 25.3. The third-order valence-electron chi connectivity index (χ3n) is 7.86. The third-order valence-corrected chi connectivity index (χ3v) is 9.34. The minimum Gasteiger partial charge on any atom is -0.372 e. The van der Waals surface area contributed by atoms with Crippen molar-refractivity contribution in [1.82, 2.24) is 19.7 Å². The van der Waals surface area contributed by atoms with Crippen LogP contribution < -0.4 is 20.3 Å². The summed E-state index contributed by atoms with van der Waals surface area (Å²) in [5, 5.41) is 8.47. The maximum atomic E-state index is 13.1. The van der Waals surface area contributed by atoms with Gasteiger partial charge in [-0.1, -0.05) is 36.4 Å². The van der Waals surface area contributed by atoms with Gasteiger partial charge in [0.1, 0.15) is 0 Å². The minimum absolute atomic E-state index is 0.111. The van der Waals surface area contributed by atoms with Crippen molar-refractivity contribution < 1.29 is 13.2 Å². The average Bonchev–Trinajstić information content (AvgIpc) is 2.94. The smallest absolute Gasteiger partial charge is 0.241 e. The van der Waals surface area contributed by atoms with E-state index in [-0.39, 0.29) is 18.2 Å². The van der Waals surface area contributed by atoms with E-state index in [0.29, 0.717) is 41.1 Å². The van der Waals surface area contributed by atoms with E-state index in [9.17, 15) is 8.42 Å². The molecule has 0 unspecified atom stereocenters. The highest BCUT2D eigenvalue weighted by Gasteiger charge is 2.27. The second kappa shape index (κ2) is 12.9. The number of ether oxygens (including phenoxy) is 1. The molecule has 2 aliphatic rings. The Labute approximate surface area is 243 Å². The summed E-state index contributed by atoms with van der Waals surface area (Å²) in [6, 6.07) is 13.2. The fourth-order valence-corrected chi connectivity index (χ4v) is 7.20. The Hall–Kier alpha value is -3.02. The summed E-state index contributed by atoms with van der Waals surface area (Å²) in [5.74, 6) is 2.62. The Bertz CT molecular complexity index is 1410. The largest absolute Gasteiger partial charge is 0.372 e. The summed E-state index contributed by atoms with van der Waals surface area (Å²) in [7, 11) is -3.58. The molecule has 11 heteroatoms. The normalized spacial score (nSPS) is 23.6. The van der Waals surface area contributed by atoms with Crippen LogP contribution in [0.15, 0.2) is 47.4 Å². The van der Waals surface area contributed by atoms with Crippen molar-refractivity contribution in [3.8, 4) is 0 Å². The van der Waals surface area contributed by atoms with Gasteiger partial charge in [-0.25, -0.2) is 13.1 Å². The first-order valence-corrected chi connectivity index (χ1v) is 16.3. The van der Waals surface area contributed by atoms with Crippen LogP contribution in [-0.2, 0) is 14.8 Å². The molecule has 0 radical (unpaired) electrons. The van der Waals surface area contributed by atoms with E-state index in [1.165, 1.54) is 0 Å². The Morgan fingerprint density at radius 1 is 0.878 bits per heavy atom. The summed E-state index contributed by atoms with van der Waals surface area (Å²) in [5.41, 5.74) is 0. The Morgan fingerprint density at radius 3 is 2.22 bits per heavy atom. The van der Waals surface area contributed by atoms with Gasteiger partial charge in [-0.2, -0.15) is 15.0 Å². The Kier molecular flexibility index (Phi) is 9.25. The van der Waals surface area contributed by atoms with Crippen LogP contribution in [0.4, 0.5) is 17.8 Å². The molecule has 0 amide bonds. The zero-order valence-electron chi connectivity index (χ0n) is 24.5. The fourth-order valence-electron chi connectivity index (χ4n) is 5.86. The number of hydrogen-bond donors (Lipinski definition) is 3. The second-order valence-electron chi connectivity index (χ2n) is 11.8. The maximum Gasteiger partial charge on any atom is 0.241 e. The lowest BCUT2D eigenvalue weighted by Gasteiger charge is -2.35. The van der Waals surface area contributed by atoms with Crippen molar-refractivity contribution in [1.29, 1.82) is 0 Å². The van der Waals surface area contributed by atoms with Gasteiger partial charge in [0.25, 0.3) is 0 Å². The van der Waals surface area contributed by atoms with E-state index in [2.05, 4.69) is 52.9 Å². The van der Waals surface area contributed by atoms with Crippen molar-refractivity contribution in [2.45, 2.75) is 76.5 Å². The molecule has 1 saturated heterocycles. The zero-order chi connectivity index (χ0) is 29.0. The molecule has 2 atom stereocenters. The van der Waals surface area contributed by atoms with Gasteiger partial charge in [0.15, 0.2) is 0 Å². The van der Waals surface area contributed by atoms with Crippen LogP contribution >= 0.6 is 0 Å². The maximum absolute atomic E-state index is 13.1. The summed E-state index contributed by atoms with van der Waals surface area (Å²) >= 11 is 0. The first-order valence-electron chi connectivity index (χ1n) is 14.8. The van der Waals surface area contributed by atoms with Gasteiger partial charge in [-0.05, 0) is 76.7 Å². The lowest BCUT2D eigenvalue weighted by atomic mass is 9.82. The van der Waals surface area contributed by atoms with E-state index >= 15 is 0 Å². The summed E-state index contributed by atoms with van der Waals surface area (Å²) in [4.78, 5) is 16.6. The van der Waals surface area contributed by atoms with Gasteiger partial charge in [0, 0.05) is 37.6 Å². The van der Waals surface area contributed by atoms with E-state index < -0.39 is 10.0 Å². The number of hydrogen-bond acceptors (Lipinski definition) is 9. The van der Waals surface area contributed by atoms with Gasteiger partial charge in [0.05, 0.1) is 17.1 Å². The van der Waals surface area contributed by atoms with Gasteiger partial charge < -0.3 is 20.3 Å². The first-order chi connectivity index (χ1) is 19.7. The Balaban J connectivity index is 1.15. The fraction of sp³-hybridized carbons (Fsp3) is 0.567. The number of anilines is 3. The minimum atomic E-state index is -3.58. The number of nitrogens with one attached hydrogen (secondary N) is 3. The molecule has 10 nitrogen and oxygen atoms in total. The molecule has 1 aliphatic heterocycles. The molecule has 1 saturated carbocycles. The predicted octanol–water partition coefficient (Wildman–Crippen LogP) is 4.66. The number of benzene rings is 2. The van der Waals surface area contributed by atoms with Crippen LogP contribution in [0, 0.1) is 11.8 Å². The van der Waals surface area contributed by atoms with Gasteiger partial charge in [-0.15, -0.1) is 0 Å². The lowest BCUT2D eigenvalue weighted by molar-refractivity contribution is -0.00572. The molecular formula is C30H43N7O3S. The average molecular weight is 582 g/mol. The molecule has 1 aromatic heterocycles. The third kappa shape index (κ3) is 7.64. The molecule has 3 aromatic rings. The molecule has 0 bridgehead atoms. The van der Waals surface area contributed by atoms with E-state index in [1.54, 1.807) is 12.1 Å². The van der Waals surface area contributed by atoms with Crippen LogP contribution in [0.5, 0.6) is 0 Å². The van der Waals surface area contributed by atoms with Crippen molar-refractivity contribution in [2.75, 3.05) is 41.7 Å². The molecule has 2 aromatic carbocycles. The van der Waals surface area contributed by atoms with Crippen LogP contribution in [-0.4, -0.2) is 67.8 Å². The van der Waals surface area contributed by atoms with E-state index in [4.69, 9.17) is 14.7 Å². The highest BCUT2D eigenvalue weighted by Crippen LogP contribution is 2.30. The Morgan fingerprint density at radius 2 is 1.51 bits per heavy atom. The molecule has 3 N–H and O–H groups in total. The molecule has 2 fully saturated rings. The highest BCUT2D eigenvalue weighted by molar-refractivity contribution is 7.89. The first kappa shape index (κ1) is 29.5. The monoisotopic (exact) mass is 581 g/mol. The summed E-state index contributed by atoms with van der Waals surface area (Å²) < 4.78 is 35.0. The number of aromatic nitrogens is 3. The van der Waals surface area contributed by atoms with Gasteiger partial charge >= 0.3 is 0 Å². The van der Waals surface area contributed by atoms with Gasteiger partial charge in [-0.3, -0.25) is 0 Å². The van der Waals surface area contributed by atoms with E-state index in [1.807, 2.05) is 30.3 Å². The number of nitrogens with zero attached hydrogens (tertiary/aromatic N) is 4. The van der Waals surface area contributed by atoms with Crippen molar-refractivity contribution >= 4 is 38.6 Å². The number of fused-ring (bicyclic) bond motifs is 1. The topological polar surface area (TPSA) is 121 Å². The number of morpholine rings is 1. The van der Waals surface area contributed by atoms with Crippen molar-refractivity contribution in [2.24, 2.45) is 11.8 Å². The molecule has 2 heterocycles. The van der Waals surface area contributed by atoms with Crippen LogP contribution in [0.2, 0.25) is 0 Å². The lowest BCUT2D eigenvalue weighted by Crippen LogP contribution is -2.46.